The number of nitrogens with zero attached hydrogens (tertiary/aromatic N) is 1. The first-order valence-electron chi connectivity index (χ1n) is 4.68. The maximum Gasteiger partial charge on any atom is 0.223 e. The summed E-state index contributed by atoms with van der Waals surface area (Å²) in [6, 6.07) is 6.21. The van der Waals surface area contributed by atoms with Gasteiger partial charge < -0.3 is 4.90 Å². The Morgan fingerprint density at radius 3 is 2.87 bits per heavy atom. The molecule has 0 saturated heterocycles. The number of carbonyl (C=O) groups is 1. The molecule has 4 heteroatoms. The summed E-state index contributed by atoms with van der Waals surface area (Å²) >= 11 is 5.46. The van der Waals surface area contributed by atoms with Crippen molar-refractivity contribution in [1.82, 2.24) is 4.90 Å². The van der Waals surface area contributed by atoms with Crippen molar-refractivity contribution in [2.75, 3.05) is 12.9 Å². The van der Waals surface area contributed by atoms with Crippen molar-refractivity contribution in [3.8, 4) is 0 Å². The molecule has 1 amide bonds. The molecule has 15 heavy (non-hydrogen) atoms. The highest BCUT2D eigenvalue weighted by molar-refractivity contribution is 6.18. The summed E-state index contributed by atoms with van der Waals surface area (Å²) in [5, 5.41) is 0. The van der Waals surface area contributed by atoms with Crippen LogP contribution in [0.2, 0.25) is 0 Å². The van der Waals surface area contributed by atoms with E-state index in [1.54, 1.807) is 19.2 Å². The molecule has 0 aromatic heterocycles. The lowest BCUT2D eigenvalue weighted by atomic mass is 10.2. The molecular formula is C11H13ClFNO. The maximum atomic E-state index is 12.8. The number of halogens is 2. The average Bonchev–Trinajstić information content (AvgIpc) is 2.18. The van der Waals surface area contributed by atoms with Gasteiger partial charge in [-0.3, -0.25) is 4.79 Å². The lowest BCUT2D eigenvalue weighted by Gasteiger charge is -2.16. The van der Waals surface area contributed by atoms with Gasteiger partial charge in [-0.05, 0) is 17.7 Å². The van der Waals surface area contributed by atoms with E-state index in [0.717, 1.165) is 5.56 Å². The predicted molar refractivity (Wildman–Crippen MR) is 58.2 cm³/mol. The number of alkyl halides is 1. The molecule has 0 aliphatic carbocycles. The van der Waals surface area contributed by atoms with E-state index in [0.29, 0.717) is 18.8 Å². The summed E-state index contributed by atoms with van der Waals surface area (Å²) < 4.78 is 12.8. The first kappa shape index (κ1) is 12.0. The Morgan fingerprint density at radius 1 is 1.53 bits per heavy atom. The predicted octanol–water partition coefficient (Wildman–Crippen LogP) is 2.41. The van der Waals surface area contributed by atoms with E-state index in [-0.39, 0.29) is 11.7 Å². The Morgan fingerprint density at radius 2 is 2.27 bits per heavy atom. The van der Waals surface area contributed by atoms with Gasteiger partial charge in [-0.15, -0.1) is 11.6 Å². The van der Waals surface area contributed by atoms with Crippen LogP contribution in [0.25, 0.3) is 0 Å². The third-order valence-corrected chi connectivity index (χ3v) is 2.23. The van der Waals surface area contributed by atoms with Crippen molar-refractivity contribution < 1.29 is 9.18 Å². The van der Waals surface area contributed by atoms with Gasteiger partial charge in [-0.1, -0.05) is 12.1 Å². The Kier molecular flexibility index (Phi) is 4.56. The highest BCUT2D eigenvalue weighted by Crippen LogP contribution is 2.07. The van der Waals surface area contributed by atoms with Crippen molar-refractivity contribution in [3.63, 3.8) is 0 Å². The Hall–Kier alpha value is -1.09. The summed E-state index contributed by atoms with van der Waals surface area (Å²) in [5.41, 5.74) is 0.778. The van der Waals surface area contributed by atoms with Crippen LogP contribution in [0.1, 0.15) is 12.0 Å². The van der Waals surface area contributed by atoms with Crippen LogP contribution >= 0.6 is 11.6 Å². The fraction of sp³-hybridized carbons (Fsp3) is 0.364. The molecule has 0 saturated carbocycles. The van der Waals surface area contributed by atoms with Gasteiger partial charge in [0.2, 0.25) is 5.91 Å². The van der Waals surface area contributed by atoms with Crippen LogP contribution in [0.15, 0.2) is 24.3 Å². The SMILES string of the molecule is CN(Cc1cccc(F)c1)C(=O)CCCl. The van der Waals surface area contributed by atoms with Crippen LogP contribution in [0.5, 0.6) is 0 Å². The first-order valence-corrected chi connectivity index (χ1v) is 5.21. The minimum atomic E-state index is -0.286. The average molecular weight is 230 g/mol. The molecule has 2 nitrogen and oxygen atoms in total. The zero-order chi connectivity index (χ0) is 11.3. The topological polar surface area (TPSA) is 20.3 Å². The summed E-state index contributed by atoms with van der Waals surface area (Å²) in [6.07, 6.45) is 0.313. The second-order valence-electron chi connectivity index (χ2n) is 3.32. The first-order chi connectivity index (χ1) is 7.13. The van der Waals surface area contributed by atoms with Gasteiger partial charge in [0.15, 0.2) is 0 Å². The van der Waals surface area contributed by atoms with Gasteiger partial charge in [0.1, 0.15) is 5.82 Å². The fourth-order valence-electron chi connectivity index (χ4n) is 1.27. The molecule has 0 unspecified atom stereocenters. The summed E-state index contributed by atoms with van der Waals surface area (Å²) in [4.78, 5) is 12.9. The summed E-state index contributed by atoms with van der Waals surface area (Å²) in [5.74, 6) is -0.00766. The molecule has 0 N–H and O–H groups in total. The number of amides is 1. The molecule has 1 aromatic rings. The molecule has 0 heterocycles. The molecule has 0 bridgehead atoms. The van der Waals surface area contributed by atoms with Gasteiger partial charge in [-0.25, -0.2) is 4.39 Å². The van der Waals surface area contributed by atoms with Crippen LogP contribution in [0.3, 0.4) is 0 Å². The molecule has 0 spiro atoms. The maximum absolute atomic E-state index is 12.8. The van der Waals surface area contributed by atoms with Crippen molar-refractivity contribution in [1.29, 1.82) is 0 Å². The zero-order valence-electron chi connectivity index (χ0n) is 8.54. The van der Waals surface area contributed by atoms with Crippen LogP contribution in [0.4, 0.5) is 4.39 Å². The third kappa shape index (κ3) is 3.88. The molecule has 1 rings (SSSR count). The quantitative estimate of drug-likeness (QED) is 0.727. The lowest BCUT2D eigenvalue weighted by Crippen LogP contribution is -2.26. The van der Waals surface area contributed by atoms with Gasteiger partial charge in [0.25, 0.3) is 0 Å². The molecule has 0 fully saturated rings. The van der Waals surface area contributed by atoms with Crippen molar-refractivity contribution in [3.05, 3.63) is 35.6 Å². The van der Waals surface area contributed by atoms with Gasteiger partial charge in [-0.2, -0.15) is 0 Å². The third-order valence-electron chi connectivity index (χ3n) is 2.04. The van der Waals surface area contributed by atoms with Gasteiger partial charge >= 0.3 is 0 Å². The van der Waals surface area contributed by atoms with E-state index >= 15 is 0 Å². The van der Waals surface area contributed by atoms with E-state index in [2.05, 4.69) is 0 Å². The summed E-state index contributed by atoms with van der Waals surface area (Å²) in [7, 11) is 1.68. The number of carbonyl (C=O) groups excluding carboxylic acids is 1. The molecule has 0 aliphatic heterocycles. The van der Waals surface area contributed by atoms with E-state index in [4.69, 9.17) is 11.6 Å². The smallest absolute Gasteiger partial charge is 0.223 e. The number of hydrogen-bond donors (Lipinski definition) is 0. The normalized spacial score (nSPS) is 10.1. The Bertz CT molecular complexity index is 343. The lowest BCUT2D eigenvalue weighted by molar-refractivity contribution is -0.129. The van der Waals surface area contributed by atoms with E-state index < -0.39 is 0 Å². The van der Waals surface area contributed by atoms with Crippen LogP contribution in [-0.2, 0) is 11.3 Å². The van der Waals surface area contributed by atoms with E-state index in [9.17, 15) is 9.18 Å². The Labute approximate surface area is 93.6 Å². The minimum absolute atomic E-state index is 0.0331. The fourth-order valence-corrected chi connectivity index (χ4v) is 1.43. The van der Waals surface area contributed by atoms with E-state index in [1.165, 1.54) is 17.0 Å². The highest BCUT2D eigenvalue weighted by Gasteiger charge is 2.08. The molecule has 0 atom stereocenters. The molecule has 0 radical (unpaired) electrons. The standard InChI is InChI=1S/C11H13ClFNO/c1-14(11(15)5-6-12)8-9-3-2-4-10(13)7-9/h2-4,7H,5-6,8H2,1H3. The minimum Gasteiger partial charge on any atom is -0.341 e. The van der Waals surface area contributed by atoms with E-state index in [1.807, 2.05) is 0 Å². The van der Waals surface area contributed by atoms with Crippen molar-refractivity contribution in [2.24, 2.45) is 0 Å². The molecule has 1 aromatic carbocycles. The van der Waals surface area contributed by atoms with Crippen LogP contribution in [0, 0.1) is 5.82 Å². The second-order valence-corrected chi connectivity index (χ2v) is 3.70. The summed E-state index contributed by atoms with van der Waals surface area (Å²) in [6.45, 7) is 0.410. The van der Waals surface area contributed by atoms with Crippen molar-refractivity contribution in [2.45, 2.75) is 13.0 Å². The number of rotatable bonds is 4. The van der Waals surface area contributed by atoms with Crippen LogP contribution < -0.4 is 0 Å². The number of benzene rings is 1. The van der Waals surface area contributed by atoms with Gasteiger partial charge in [0.05, 0.1) is 0 Å². The zero-order valence-corrected chi connectivity index (χ0v) is 9.30. The largest absolute Gasteiger partial charge is 0.341 e. The Balaban J connectivity index is 2.58. The second kappa shape index (κ2) is 5.71. The molecular weight excluding hydrogens is 217 g/mol. The highest BCUT2D eigenvalue weighted by atomic mass is 35.5. The van der Waals surface area contributed by atoms with Crippen molar-refractivity contribution >= 4 is 17.5 Å². The monoisotopic (exact) mass is 229 g/mol. The number of hydrogen-bond acceptors (Lipinski definition) is 1. The van der Waals surface area contributed by atoms with Gasteiger partial charge in [0, 0.05) is 25.9 Å². The molecule has 82 valence electrons. The van der Waals surface area contributed by atoms with Crippen LogP contribution in [-0.4, -0.2) is 23.7 Å². The molecule has 0 aliphatic rings.